The Morgan fingerprint density at radius 3 is 3.00 bits per heavy atom. The molecule has 0 aliphatic carbocycles. The lowest BCUT2D eigenvalue weighted by atomic mass is 9.89. The number of hydrogen-bond donors (Lipinski definition) is 1. The zero-order chi connectivity index (χ0) is 16.5. The molecule has 1 amide bonds. The molecule has 0 aromatic carbocycles. The monoisotopic (exact) mass is 339 g/mol. The van der Waals surface area contributed by atoms with Crippen LogP contribution in [0.4, 0.5) is 0 Å². The van der Waals surface area contributed by atoms with E-state index in [-0.39, 0.29) is 11.9 Å². The summed E-state index contributed by atoms with van der Waals surface area (Å²) < 4.78 is 30.8. The van der Waals surface area contributed by atoms with Crippen LogP contribution in [0.15, 0.2) is 24.5 Å². The van der Waals surface area contributed by atoms with Crippen LogP contribution in [0.2, 0.25) is 0 Å². The summed E-state index contributed by atoms with van der Waals surface area (Å²) in [5.74, 6) is -0.155. The fourth-order valence-electron chi connectivity index (χ4n) is 3.29. The number of aromatic nitrogens is 1. The maximum Gasteiger partial charge on any atom is 0.253 e. The highest BCUT2D eigenvalue weighted by Crippen LogP contribution is 2.35. The highest BCUT2D eigenvalue weighted by atomic mass is 32.2. The van der Waals surface area contributed by atoms with Crippen LogP contribution < -0.4 is 5.32 Å². The van der Waals surface area contributed by atoms with Crippen molar-refractivity contribution in [1.82, 2.24) is 14.6 Å². The third-order valence-electron chi connectivity index (χ3n) is 4.50. The Bertz CT molecular complexity index is 679. The topological polar surface area (TPSA) is 88.6 Å². The average Bonchev–Trinajstić information content (AvgIpc) is 2.92. The summed E-state index contributed by atoms with van der Waals surface area (Å²) in [5, 5.41) is 3.01. The molecule has 2 aliphatic heterocycles. The molecule has 1 spiro atoms. The predicted molar refractivity (Wildman–Crippen MR) is 84.4 cm³/mol. The lowest BCUT2D eigenvalue weighted by molar-refractivity contribution is -0.0761. The van der Waals surface area contributed by atoms with E-state index in [1.54, 1.807) is 18.3 Å². The molecule has 8 heteroatoms. The fourth-order valence-corrected chi connectivity index (χ4v) is 4.18. The molecular formula is C15H21N3O4S. The van der Waals surface area contributed by atoms with Crippen LogP contribution >= 0.6 is 0 Å². The molecule has 3 heterocycles. The van der Waals surface area contributed by atoms with Crippen LogP contribution in [0.25, 0.3) is 0 Å². The van der Waals surface area contributed by atoms with Crippen molar-refractivity contribution in [3.63, 3.8) is 0 Å². The van der Waals surface area contributed by atoms with E-state index in [9.17, 15) is 13.2 Å². The molecule has 0 radical (unpaired) electrons. The van der Waals surface area contributed by atoms with Crippen molar-refractivity contribution < 1.29 is 17.9 Å². The number of nitrogens with one attached hydrogen (secondary N) is 1. The van der Waals surface area contributed by atoms with Crippen molar-refractivity contribution in [3.8, 4) is 0 Å². The molecule has 2 fully saturated rings. The van der Waals surface area contributed by atoms with Crippen LogP contribution in [0.1, 0.15) is 29.6 Å². The molecule has 1 aromatic heterocycles. The zero-order valence-electron chi connectivity index (χ0n) is 13.1. The van der Waals surface area contributed by atoms with Gasteiger partial charge in [-0.25, -0.2) is 8.42 Å². The molecule has 0 unspecified atom stereocenters. The lowest BCUT2D eigenvalue weighted by Gasteiger charge is -2.38. The molecule has 0 saturated carbocycles. The molecule has 1 N–H and O–H groups in total. The molecule has 3 rings (SSSR count). The van der Waals surface area contributed by atoms with Gasteiger partial charge in [-0.2, -0.15) is 4.31 Å². The average molecular weight is 339 g/mol. The Balaban J connectivity index is 1.64. The first kappa shape index (κ1) is 16.4. The molecule has 126 valence electrons. The largest absolute Gasteiger partial charge is 0.373 e. The second-order valence-corrected chi connectivity index (χ2v) is 8.27. The van der Waals surface area contributed by atoms with E-state index in [1.807, 2.05) is 0 Å². The molecule has 2 atom stereocenters. The van der Waals surface area contributed by atoms with E-state index in [2.05, 4.69) is 10.3 Å². The zero-order valence-corrected chi connectivity index (χ0v) is 13.9. The van der Waals surface area contributed by atoms with Crippen molar-refractivity contribution in [2.24, 2.45) is 0 Å². The first-order valence-electron chi connectivity index (χ1n) is 7.68. The number of nitrogens with zero attached hydrogens (tertiary/aromatic N) is 2. The normalized spacial score (nSPS) is 28.8. The molecule has 1 aromatic rings. The number of carbonyl (C=O) groups excluding carboxylic acids is 1. The van der Waals surface area contributed by atoms with E-state index in [0.717, 1.165) is 6.42 Å². The van der Waals surface area contributed by atoms with Gasteiger partial charge in [-0.05, 0) is 31.4 Å². The maximum absolute atomic E-state index is 12.2. The molecule has 23 heavy (non-hydrogen) atoms. The standard InChI is InChI=1S/C15H21N3O4S/c1-23(20,21)18-7-5-15(11-18)9-13(4-8-22-15)17-14(19)12-3-2-6-16-10-12/h2-3,6,10,13H,4-5,7-9,11H2,1H3,(H,17,19)/t13-,15+/m1/s1. The van der Waals surface area contributed by atoms with Crippen LogP contribution in [-0.2, 0) is 14.8 Å². The van der Waals surface area contributed by atoms with E-state index in [4.69, 9.17) is 4.74 Å². The fraction of sp³-hybridized carbons (Fsp3) is 0.600. The SMILES string of the molecule is CS(=O)(=O)N1CC[C@]2(C[C@H](NC(=O)c3cccnc3)CCO2)C1. The van der Waals surface area contributed by atoms with Crippen LogP contribution in [0.3, 0.4) is 0 Å². The number of hydrogen-bond acceptors (Lipinski definition) is 5. The first-order chi connectivity index (χ1) is 10.9. The van der Waals surface area contributed by atoms with Gasteiger partial charge < -0.3 is 10.1 Å². The lowest BCUT2D eigenvalue weighted by Crippen LogP contribution is -2.50. The minimum atomic E-state index is -3.20. The molecule has 7 nitrogen and oxygen atoms in total. The minimum absolute atomic E-state index is 0.0176. The van der Waals surface area contributed by atoms with Gasteiger partial charge in [0.15, 0.2) is 0 Å². The van der Waals surface area contributed by atoms with Crippen LogP contribution in [0.5, 0.6) is 0 Å². The Hall–Kier alpha value is -1.51. The van der Waals surface area contributed by atoms with Crippen molar-refractivity contribution >= 4 is 15.9 Å². The van der Waals surface area contributed by atoms with Gasteiger partial charge in [0, 0.05) is 38.1 Å². The number of amides is 1. The number of rotatable bonds is 3. The summed E-state index contributed by atoms with van der Waals surface area (Å²) in [7, 11) is -3.20. The van der Waals surface area contributed by atoms with Gasteiger partial charge in [-0.3, -0.25) is 9.78 Å². The molecule has 0 bridgehead atoms. The van der Waals surface area contributed by atoms with Gasteiger partial charge in [0.05, 0.1) is 17.4 Å². The van der Waals surface area contributed by atoms with Gasteiger partial charge >= 0.3 is 0 Å². The minimum Gasteiger partial charge on any atom is -0.373 e. The van der Waals surface area contributed by atoms with Crippen molar-refractivity contribution in [1.29, 1.82) is 0 Å². The highest BCUT2D eigenvalue weighted by molar-refractivity contribution is 7.88. The number of ether oxygens (including phenoxy) is 1. The maximum atomic E-state index is 12.2. The summed E-state index contributed by atoms with van der Waals surface area (Å²) in [6, 6.07) is 3.43. The summed E-state index contributed by atoms with van der Waals surface area (Å²) in [5.41, 5.74) is 0.0472. The van der Waals surface area contributed by atoms with Crippen molar-refractivity contribution in [2.75, 3.05) is 26.0 Å². The van der Waals surface area contributed by atoms with Crippen molar-refractivity contribution in [2.45, 2.75) is 30.9 Å². The van der Waals surface area contributed by atoms with E-state index in [1.165, 1.54) is 16.8 Å². The third kappa shape index (κ3) is 3.70. The van der Waals surface area contributed by atoms with E-state index >= 15 is 0 Å². The Morgan fingerprint density at radius 2 is 2.35 bits per heavy atom. The summed E-state index contributed by atoms with van der Waals surface area (Å²) in [6.45, 7) is 1.36. The van der Waals surface area contributed by atoms with Crippen molar-refractivity contribution in [3.05, 3.63) is 30.1 Å². The smallest absolute Gasteiger partial charge is 0.253 e. The van der Waals surface area contributed by atoms with Gasteiger partial charge in [-0.15, -0.1) is 0 Å². The van der Waals surface area contributed by atoms with E-state index < -0.39 is 15.6 Å². The highest BCUT2D eigenvalue weighted by Gasteiger charge is 2.45. The van der Waals surface area contributed by atoms with Gasteiger partial charge in [-0.1, -0.05) is 0 Å². The van der Waals surface area contributed by atoms with E-state index in [0.29, 0.717) is 38.1 Å². The summed E-state index contributed by atoms with van der Waals surface area (Å²) in [6.07, 6.45) is 6.40. The van der Waals surface area contributed by atoms with Crippen LogP contribution in [0, 0.1) is 0 Å². The molecular weight excluding hydrogens is 318 g/mol. The molecule has 2 aliphatic rings. The Morgan fingerprint density at radius 1 is 1.52 bits per heavy atom. The summed E-state index contributed by atoms with van der Waals surface area (Å²) in [4.78, 5) is 16.2. The Labute approximate surface area is 136 Å². The van der Waals surface area contributed by atoms with Crippen LogP contribution in [-0.4, -0.2) is 61.2 Å². The molecule has 2 saturated heterocycles. The second-order valence-electron chi connectivity index (χ2n) is 6.28. The number of carbonyl (C=O) groups is 1. The Kier molecular flexibility index (Phi) is 4.39. The number of pyridine rings is 1. The second kappa shape index (κ2) is 6.18. The third-order valence-corrected chi connectivity index (χ3v) is 5.75. The predicted octanol–water partition coefficient (Wildman–Crippen LogP) is 0.395. The number of sulfonamides is 1. The van der Waals surface area contributed by atoms with Gasteiger partial charge in [0.2, 0.25) is 10.0 Å². The summed E-state index contributed by atoms with van der Waals surface area (Å²) >= 11 is 0. The van der Waals surface area contributed by atoms with Gasteiger partial charge in [0.25, 0.3) is 5.91 Å². The quantitative estimate of drug-likeness (QED) is 0.861. The van der Waals surface area contributed by atoms with Gasteiger partial charge in [0.1, 0.15) is 0 Å². The first-order valence-corrected chi connectivity index (χ1v) is 9.53.